The summed E-state index contributed by atoms with van der Waals surface area (Å²) in [7, 11) is 0. The Morgan fingerprint density at radius 3 is 2.88 bits per heavy atom. The summed E-state index contributed by atoms with van der Waals surface area (Å²) in [5.74, 6) is -0.822. The second-order valence-corrected chi connectivity index (χ2v) is 5.25. The number of carbonyl (C=O) groups is 1. The zero-order chi connectivity index (χ0) is 16.5. The Morgan fingerprint density at radius 1 is 1.17 bits per heavy atom. The molecule has 0 saturated heterocycles. The van der Waals surface area contributed by atoms with E-state index in [1.165, 1.54) is 0 Å². The Morgan fingerprint density at radius 2 is 2.00 bits per heavy atom. The van der Waals surface area contributed by atoms with Gasteiger partial charge in [0.25, 0.3) is 0 Å². The molecule has 0 fully saturated rings. The number of hydrogen-bond donors (Lipinski definition) is 0. The van der Waals surface area contributed by atoms with Crippen molar-refractivity contribution in [1.82, 2.24) is 9.38 Å². The number of pyridine rings is 1. The van der Waals surface area contributed by atoms with Crippen LogP contribution in [0.3, 0.4) is 0 Å². The van der Waals surface area contributed by atoms with E-state index in [-0.39, 0.29) is 17.8 Å². The van der Waals surface area contributed by atoms with Gasteiger partial charge in [0, 0.05) is 18.5 Å². The fraction of sp³-hybridized carbons (Fsp3) is 0.0556. The van der Waals surface area contributed by atoms with Crippen molar-refractivity contribution in [3.05, 3.63) is 82.6 Å². The van der Waals surface area contributed by atoms with Crippen molar-refractivity contribution in [2.45, 2.75) is 6.61 Å². The molecule has 0 atom stereocenters. The van der Waals surface area contributed by atoms with Gasteiger partial charge in [-0.05, 0) is 24.3 Å². The first-order valence-electron chi connectivity index (χ1n) is 7.33. The molecule has 0 unspecified atom stereocenters. The van der Waals surface area contributed by atoms with Crippen molar-refractivity contribution < 1.29 is 13.9 Å². The molecule has 118 valence electrons. The van der Waals surface area contributed by atoms with Crippen LogP contribution < -0.4 is 5.43 Å². The molecule has 1 aromatic carbocycles. The number of esters is 1. The van der Waals surface area contributed by atoms with E-state index in [4.69, 9.17) is 9.15 Å². The molecule has 6 nitrogen and oxygen atoms in total. The molecular formula is C18H12N2O4. The summed E-state index contributed by atoms with van der Waals surface area (Å²) in [4.78, 5) is 28.5. The second-order valence-electron chi connectivity index (χ2n) is 5.25. The number of ether oxygens (including phenoxy) is 1. The van der Waals surface area contributed by atoms with E-state index in [2.05, 4.69) is 4.98 Å². The Balaban J connectivity index is 1.56. The smallest absolute Gasteiger partial charge is 0.374 e. The fourth-order valence-corrected chi connectivity index (χ4v) is 2.47. The van der Waals surface area contributed by atoms with E-state index in [9.17, 15) is 9.59 Å². The zero-order valence-corrected chi connectivity index (χ0v) is 12.5. The van der Waals surface area contributed by atoms with Gasteiger partial charge in [-0.2, -0.15) is 0 Å². The quantitative estimate of drug-likeness (QED) is 0.543. The maximum Gasteiger partial charge on any atom is 0.374 e. The van der Waals surface area contributed by atoms with Crippen LogP contribution >= 0.6 is 0 Å². The first kappa shape index (κ1) is 14.2. The molecule has 0 spiro atoms. The molecule has 0 aliphatic rings. The van der Waals surface area contributed by atoms with Gasteiger partial charge in [-0.15, -0.1) is 0 Å². The lowest BCUT2D eigenvalue weighted by atomic mass is 10.2. The van der Waals surface area contributed by atoms with Crippen LogP contribution in [0.25, 0.3) is 16.6 Å². The topological polar surface area (TPSA) is 73.8 Å². The second kappa shape index (κ2) is 5.66. The number of aromatic nitrogens is 2. The van der Waals surface area contributed by atoms with E-state index in [0.717, 1.165) is 11.7 Å². The van der Waals surface area contributed by atoms with Crippen LogP contribution in [-0.4, -0.2) is 15.4 Å². The first-order chi connectivity index (χ1) is 11.7. The van der Waals surface area contributed by atoms with E-state index < -0.39 is 5.97 Å². The van der Waals surface area contributed by atoms with Gasteiger partial charge in [-0.1, -0.05) is 18.2 Å². The molecule has 0 aliphatic carbocycles. The van der Waals surface area contributed by atoms with Gasteiger partial charge in [0.05, 0.1) is 11.1 Å². The number of rotatable bonds is 3. The molecule has 3 heterocycles. The first-order valence-corrected chi connectivity index (χ1v) is 7.33. The van der Waals surface area contributed by atoms with Crippen molar-refractivity contribution in [3.8, 4) is 0 Å². The van der Waals surface area contributed by atoms with Gasteiger partial charge >= 0.3 is 5.97 Å². The van der Waals surface area contributed by atoms with Crippen LogP contribution in [-0.2, 0) is 11.3 Å². The Bertz CT molecular complexity index is 1080. The third kappa shape index (κ3) is 2.54. The normalized spacial score (nSPS) is 11.0. The zero-order valence-electron chi connectivity index (χ0n) is 12.5. The summed E-state index contributed by atoms with van der Waals surface area (Å²) in [6.07, 6.45) is 3.63. The van der Waals surface area contributed by atoms with Crippen LogP contribution in [0.5, 0.6) is 0 Å². The molecule has 0 N–H and O–H groups in total. The number of para-hydroxylation sites is 1. The maximum atomic E-state index is 12.1. The number of imidazole rings is 1. The monoisotopic (exact) mass is 320 g/mol. The summed E-state index contributed by atoms with van der Waals surface area (Å²) in [6, 6.07) is 13.5. The van der Waals surface area contributed by atoms with Crippen molar-refractivity contribution in [1.29, 1.82) is 0 Å². The van der Waals surface area contributed by atoms with Crippen LogP contribution in [0.2, 0.25) is 0 Å². The van der Waals surface area contributed by atoms with Crippen LogP contribution in [0.15, 0.2) is 70.1 Å². The Labute approximate surface area is 135 Å². The summed E-state index contributed by atoms with van der Waals surface area (Å²) < 4.78 is 12.5. The number of fused-ring (bicyclic) bond motifs is 2. The number of benzene rings is 1. The van der Waals surface area contributed by atoms with Crippen LogP contribution in [0.1, 0.15) is 16.2 Å². The van der Waals surface area contributed by atoms with E-state index in [0.29, 0.717) is 16.7 Å². The fourth-order valence-electron chi connectivity index (χ4n) is 2.47. The lowest BCUT2D eigenvalue weighted by Crippen LogP contribution is -2.10. The van der Waals surface area contributed by atoms with Crippen molar-refractivity contribution in [2.75, 3.05) is 0 Å². The Hall–Kier alpha value is -3.41. The molecule has 4 aromatic rings. The summed E-state index contributed by atoms with van der Waals surface area (Å²) in [5, 5.41) is 0.425. The van der Waals surface area contributed by atoms with Gasteiger partial charge in [-0.3, -0.25) is 4.79 Å². The minimum atomic E-state index is -0.699. The number of nitrogens with zero attached hydrogens (tertiary/aromatic N) is 2. The molecule has 24 heavy (non-hydrogen) atoms. The highest BCUT2D eigenvalue weighted by Crippen LogP contribution is 2.13. The van der Waals surface area contributed by atoms with E-state index >= 15 is 0 Å². The van der Waals surface area contributed by atoms with Crippen molar-refractivity contribution in [3.63, 3.8) is 0 Å². The molecule has 3 aromatic heterocycles. The molecular weight excluding hydrogens is 308 g/mol. The summed E-state index contributed by atoms with van der Waals surface area (Å²) in [6.45, 7) is -0.00293. The molecule has 4 rings (SSSR count). The lowest BCUT2D eigenvalue weighted by molar-refractivity contribution is 0.0432. The minimum Gasteiger partial charge on any atom is -0.453 e. The van der Waals surface area contributed by atoms with Gasteiger partial charge in [0.1, 0.15) is 17.8 Å². The summed E-state index contributed by atoms with van der Waals surface area (Å²) >= 11 is 0. The average Bonchev–Trinajstić information content (AvgIpc) is 3.02. The Kier molecular flexibility index (Phi) is 3.35. The lowest BCUT2D eigenvalue weighted by Gasteiger charge is -2.03. The molecule has 0 saturated carbocycles. The van der Waals surface area contributed by atoms with Crippen LogP contribution in [0.4, 0.5) is 0 Å². The molecule has 0 amide bonds. The van der Waals surface area contributed by atoms with Gasteiger partial charge in [-0.25, -0.2) is 9.78 Å². The van der Waals surface area contributed by atoms with E-state index in [1.807, 2.05) is 28.8 Å². The van der Waals surface area contributed by atoms with E-state index in [1.54, 1.807) is 30.5 Å². The summed E-state index contributed by atoms with van der Waals surface area (Å²) in [5.41, 5.74) is 1.44. The number of hydrogen-bond acceptors (Lipinski definition) is 5. The predicted octanol–water partition coefficient (Wildman–Crippen LogP) is 2.80. The van der Waals surface area contributed by atoms with Gasteiger partial charge < -0.3 is 13.6 Å². The van der Waals surface area contributed by atoms with Crippen molar-refractivity contribution >= 4 is 22.6 Å². The number of carbonyl (C=O) groups excluding carboxylic acids is 1. The third-order valence-corrected chi connectivity index (χ3v) is 3.60. The molecule has 0 aliphatic heterocycles. The van der Waals surface area contributed by atoms with Crippen molar-refractivity contribution in [2.24, 2.45) is 0 Å². The van der Waals surface area contributed by atoms with Crippen LogP contribution in [0, 0.1) is 0 Å². The predicted molar refractivity (Wildman–Crippen MR) is 86.8 cm³/mol. The maximum absolute atomic E-state index is 12.1. The highest BCUT2D eigenvalue weighted by atomic mass is 16.5. The largest absolute Gasteiger partial charge is 0.453 e. The third-order valence-electron chi connectivity index (χ3n) is 3.60. The molecule has 0 radical (unpaired) electrons. The highest BCUT2D eigenvalue weighted by Gasteiger charge is 2.14. The average molecular weight is 320 g/mol. The standard InChI is InChI=1S/C18H12N2O4/c21-14-9-16(24-15-6-2-1-5-13(14)15)18(22)23-11-12-10-20-8-4-3-7-17(20)19-12/h1-10H,11H2. The highest BCUT2D eigenvalue weighted by molar-refractivity contribution is 5.88. The molecule has 0 bridgehead atoms. The van der Waals surface area contributed by atoms with Gasteiger partial charge in [0.15, 0.2) is 5.43 Å². The van der Waals surface area contributed by atoms with Gasteiger partial charge in [0.2, 0.25) is 5.76 Å². The minimum absolute atomic E-state index is 0.00293. The SMILES string of the molecule is O=C(OCc1cn2ccccc2n1)c1cc(=O)c2ccccc2o1. The molecule has 6 heteroatoms.